The molecule has 22 heavy (non-hydrogen) atoms. The van der Waals surface area contributed by atoms with Crippen LogP contribution in [0.2, 0.25) is 0 Å². The van der Waals surface area contributed by atoms with Gasteiger partial charge in [0.05, 0.1) is 5.75 Å². The standard InChI is InChI=1S/C17H25NO3S/c1-14-4-3-5-15(12-14)6-7-17(19)18-10-8-16(9-11-18)13-22(2,20)21/h3-5,12,16H,6-11,13H2,1-2H3. The van der Waals surface area contributed by atoms with Gasteiger partial charge in [0.25, 0.3) is 0 Å². The molecule has 0 atom stereocenters. The summed E-state index contributed by atoms with van der Waals surface area (Å²) in [4.78, 5) is 14.1. The number of carbonyl (C=O) groups excluding carboxylic acids is 1. The van der Waals surface area contributed by atoms with Crippen LogP contribution in [0.3, 0.4) is 0 Å². The third-order valence-electron chi connectivity index (χ3n) is 4.22. The first-order valence-corrected chi connectivity index (χ1v) is 9.90. The number of aryl methyl sites for hydroxylation is 2. The number of amides is 1. The van der Waals surface area contributed by atoms with Crippen molar-refractivity contribution in [3.63, 3.8) is 0 Å². The molecule has 0 spiro atoms. The van der Waals surface area contributed by atoms with Gasteiger partial charge in [-0.25, -0.2) is 8.42 Å². The second-order valence-corrected chi connectivity index (χ2v) is 8.59. The lowest BCUT2D eigenvalue weighted by Gasteiger charge is -2.31. The van der Waals surface area contributed by atoms with E-state index in [1.807, 2.05) is 11.0 Å². The highest BCUT2D eigenvalue weighted by atomic mass is 32.2. The maximum absolute atomic E-state index is 12.3. The first kappa shape index (κ1) is 17.0. The average Bonchev–Trinajstić information content (AvgIpc) is 2.44. The van der Waals surface area contributed by atoms with Crippen LogP contribution in [0.25, 0.3) is 0 Å². The molecule has 0 saturated carbocycles. The fourth-order valence-electron chi connectivity index (χ4n) is 3.05. The van der Waals surface area contributed by atoms with Crippen molar-refractivity contribution in [2.24, 2.45) is 5.92 Å². The highest BCUT2D eigenvalue weighted by Crippen LogP contribution is 2.20. The molecule has 1 fully saturated rings. The van der Waals surface area contributed by atoms with Crippen molar-refractivity contribution in [1.82, 2.24) is 4.90 Å². The number of hydrogen-bond donors (Lipinski definition) is 0. The number of piperidine rings is 1. The molecule has 5 heteroatoms. The van der Waals surface area contributed by atoms with E-state index in [0.29, 0.717) is 19.5 Å². The summed E-state index contributed by atoms with van der Waals surface area (Å²) in [5.41, 5.74) is 2.41. The number of nitrogens with zero attached hydrogens (tertiary/aromatic N) is 1. The van der Waals surface area contributed by atoms with Gasteiger partial charge < -0.3 is 4.90 Å². The minimum atomic E-state index is -2.92. The normalized spacial score (nSPS) is 16.7. The van der Waals surface area contributed by atoms with Gasteiger partial charge in [0.15, 0.2) is 0 Å². The van der Waals surface area contributed by atoms with Crippen LogP contribution >= 0.6 is 0 Å². The van der Waals surface area contributed by atoms with Crippen LogP contribution in [0.4, 0.5) is 0 Å². The van der Waals surface area contributed by atoms with Gasteiger partial charge >= 0.3 is 0 Å². The molecule has 1 aromatic rings. The average molecular weight is 323 g/mol. The second-order valence-electron chi connectivity index (χ2n) is 6.41. The van der Waals surface area contributed by atoms with E-state index < -0.39 is 9.84 Å². The fraction of sp³-hybridized carbons (Fsp3) is 0.588. The van der Waals surface area contributed by atoms with E-state index in [4.69, 9.17) is 0 Å². The molecule has 0 aromatic heterocycles. The largest absolute Gasteiger partial charge is 0.343 e. The summed E-state index contributed by atoms with van der Waals surface area (Å²) in [6.45, 7) is 3.43. The van der Waals surface area contributed by atoms with Gasteiger partial charge in [-0.3, -0.25) is 4.79 Å². The number of sulfone groups is 1. The number of benzene rings is 1. The Morgan fingerprint density at radius 2 is 1.95 bits per heavy atom. The van der Waals surface area contributed by atoms with Crippen molar-refractivity contribution < 1.29 is 13.2 Å². The molecular formula is C17H25NO3S. The van der Waals surface area contributed by atoms with Gasteiger partial charge in [-0.1, -0.05) is 29.8 Å². The molecule has 1 saturated heterocycles. The topological polar surface area (TPSA) is 54.5 Å². The summed E-state index contributed by atoms with van der Waals surface area (Å²) in [5.74, 6) is 0.633. The van der Waals surface area contributed by atoms with E-state index in [2.05, 4.69) is 25.1 Å². The lowest BCUT2D eigenvalue weighted by Crippen LogP contribution is -2.39. The Morgan fingerprint density at radius 3 is 2.55 bits per heavy atom. The zero-order valence-corrected chi connectivity index (χ0v) is 14.2. The molecule has 1 amide bonds. The lowest BCUT2D eigenvalue weighted by molar-refractivity contribution is -0.132. The minimum Gasteiger partial charge on any atom is -0.343 e. The molecule has 0 N–H and O–H groups in total. The molecule has 1 aliphatic rings. The monoisotopic (exact) mass is 323 g/mol. The summed E-state index contributed by atoms with van der Waals surface area (Å²) in [6.07, 6.45) is 4.17. The van der Waals surface area contributed by atoms with Gasteiger partial charge in [-0.15, -0.1) is 0 Å². The fourth-order valence-corrected chi connectivity index (χ4v) is 4.24. The van der Waals surface area contributed by atoms with Crippen LogP contribution < -0.4 is 0 Å². The number of rotatable bonds is 5. The van der Waals surface area contributed by atoms with E-state index in [1.165, 1.54) is 17.4 Å². The molecule has 1 heterocycles. The lowest BCUT2D eigenvalue weighted by atomic mass is 9.98. The van der Waals surface area contributed by atoms with E-state index >= 15 is 0 Å². The van der Waals surface area contributed by atoms with Crippen LogP contribution in [0, 0.1) is 12.8 Å². The van der Waals surface area contributed by atoms with Crippen molar-refractivity contribution in [3.8, 4) is 0 Å². The molecule has 2 rings (SSSR count). The van der Waals surface area contributed by atoms with Gasteiger partial charge in [0, 0.05) is 25.8 Å². The third kappa shape index (κ3) is 5.44. The predicted octanol–water partition coefficient (Wildman–Crippen LogP) is 2.21. The summed E-state index contributed by atoms with van der Waals surface area (Å²) < 4.78 is 22.6. The van der Waals surface area contributed by atoms with E-state index in [9.17, 15) is 13.2 Å². The smallest absolute Gasteiger partial charge is 0.222 e. The maximum Gasteiger partial charge on any atom is 0.222 e. The second kappa shape index (κ2) is 7.27. The SMILES string of the molecule is Cc1cccc(CCC(=O)N2CCC(CS(C)(=O)=O)CC2)c1. The molecule has 0 unspecified atom stereocenters. The van der Waals surface area contributed by atoms with E-state index in [1.54, 1.807) is 0 Å². The van der Waals surface area contributed by atoms with Gasteiger partial charge in [0.2, 0.25) is 5.91 Å². The quantitative estimate of drug-likeness (QED) is 0.835. The van der Waals surface area contributed by atoms with Crippen molar-refractivity contribution in [3.05, 3.63) is 35.4 Å². The first-order valence-electron chi connectivity index (χ1n) is 7.84. The number of likely N-dealkylation sites (tertiary alicyclic amines) is 1. The van der Waals surface area contributed by atoms with Gasteiger partial charge in [0.1, 0.15) is 9.84 Å². The first-order chi connectivity index (χ1) is 10.3. The highest BCUT2D eigenvalue weighted by Gasteiger charge is 2.24. The van der Waals surface area contributed by atoms with E-state index in [-0.39, 0.29) is 17.6 Å². The third-order valence-corrected chi connectivity index (χ3v) is 5.29. The van der Waals surface area contributed by atoms with Gasteiger partial charge in [-0.05, 0) is 37.7 Å². The zero-order chi connectivity index (χ0) is 16.2. The van der Waals surface area contributed by atoms with Crippen LogP contribution in [-0.2, 0) is 21.1 Å². The van der Waals surface area contributed by atoms with Crippen LogP contribution in [0.5, 0.6) is 0 Å². The van der Waals surface area contributed by atoms with Crippen LogP contribution in [-0.4, -0.2) is 44.3 Å². The molecule has 0 radical (unpaired) electrons. The Morgan fingerprint density at radius 1 is 1.27 bits per heavy atom. The Balaban J connectivity index is 1.78. The predicted molar refractivity (Wildman–Crippen MR) is 88.5 cm³/mol. The van der Waals surface area contributed by atoms with Crippen molar-refractivity contribution >= 4 is 15.7 Å². The Hall–Kier alpha value is -1.36. The summed E-state index contributed by atoms with van der Waals surface area (Å²) in [6, 6.07) is 8.24. The summed E-state index contributed by atoms with van der Waals surface area (Å²) >= 11 is 0. The highest BCUT2D eigenvalue weighted by molar-refractivity contribution is 7.90. The molecule has 0 aliphatic carbocycles. The Kier molecular flexibility index (Phi) is 5.62. The zero-order valence-electron chi connectivity index (χ0n) is 13.4. The summed E-state index contributed by atoms with van der Waals surface area (Å²) in [5, 5.41) is 0. The Labute approximate surface area is 133 Å². The number of hydrogen-bond acceptors (Lipinski definition) is 3. The minimum absolute atomic E-state index is 0.180. The maximum atomic E-state index is 12.3. The Bertz CT molecular complexity index is 617. The van der Waals surface area contributed by atoms with E-state index in [0.717, 1.165) is 19.3 Å². The molecule has 122 valence electrons. The molecule has 1 aromatic carbocycles. The van der Waals surface area contributed by atoms with Crippen LogP contribution in [0.15, 0.2) is 24.3 Å². The van der Waals surface area contributed by atoms with Crippen molar-refractivity contribution in [2.75, 3.05) is 25.1 Å². The van der Waals surface area contributed by atoms with Gasteiger partial charge in [-0.2, -0.15) is 0 Å². The molecule has 4 nitrogen and oxygen atoms in total. The molecular weight excluding hydrogens is 298 g/mol. The molecule has 1 aliphatic heterocycles. The van der Waals surface area contributed by atoms with Crippen molar-refractivity contribution in [2.45, 2.75) is 32.6 Å². The molecule has 0 bridgehead atoms. The number of carbonyl (C=O) groups is 1. The van der Waals surface area contributed by atoms with Crippen LogP contribution in [0.1, 0.15) is 30.4 Å². The van der Waals surface area contributed by atoms with Crippen molar-refractivity contribution in [1.29, 1.82) is 0 Å². The summed E-state index contributed by atoms with van der Waals surface area (Å²) in [7, 11) is -2.92.